The highest BCUT2D eigenvalue weighted by molar-refractivity contribution is 6.04. The fraction of sp³-hybridized carbons (Fsp3) is 0.133. The van der Waals surface area contributed by atoms with E-state index in [-0.39, 0.29) is 11.8 Å². The fourth-order valence-electron chi connectivity index (χ4n) is 2.45. The van der Waals surface area contributed by atoms with Gasteiger partial charge in [-0.2, -0.15) is 0 Å². The summed E-state index contributed by atoms with van der Waals surface area (Å²) in [6.07, 6.45) is 0.383. The van der Waals surface area contributed by atoms with E-state index >= 15 is 0 Å². The van der Waals surface area contributed by atoms with Crippen LogP contribution in [0, 0.1) is 0 Å². The van der Waals surface area contributed by atoms with Gasteiger partial charge in [-0.3, -0.25) is 4.79 Å². The van der Waals surface area contributed by atoms with Gasteiger partial charge in [-0.1, -0.05) is 48.5 Å². The summed E-state index contributed by atoms with van der Waals surface area (Å²) in [5.41, 5.74) is 10.0. The highest BCUT2D eigenvalue weighted by atomic mass is 16.1. The van der Waals surface area contributed by atoms with E-state index in [0.717, 1.165) is 22.3 Å². The number of carbonyl (C=O) groups is 1. The van der Waals surface area contributed by atoms with Crippen LogP contribution < -0.4 is 5.73 Å². The lowest BCUT2D eigenvalue weighted by molar-refractivity contribution is 0.0976. The second-order valence-corrected chi connectivity index (χ2v) is 4.37. The first-order chi connectivity index (χ1) is 8.27. The van der Waals surface area contributed by atoms with Gasteiger partial charge in [-0.15, -0.1) is 0 Å². The third kappa shape index (κ3) is 1.58. The summed E-state index contributed by atoms with van der Waals surface area (Å²) in [5, 5.41) is 0. The molecule has 0 saturated heterocycles. The minimum atomic E-state index is -0.203. The Balaban J connectivity index is 2.34. The van der Waals surface area contributed by atoms with Crippen molar-refractivity contribution in [2.45, 2.75) is 12.5 Å². The number of ketones is 1. The van der Waals surface area contributed by atoms with Gasteiger partial charge < -0.3 is 5.73 Å². The summed E-state index contributed by atoms with van der Waals surface area (Å²) in [7, 11) is 0. The Bertz CT molecular complexity index is 589. The van der Waals surface area contributed by atoms with Crippen molar-refractivity contribution in [3.8, 4) is 11.1 Å². The van der Waals surface area contributed by atoms with Crippen LogP contribution in [0.2, 0.25) is 0 Å². The van der Waals surface area contributed by atoms with Gasteiger partial charge in [0.15, 0.2) is 5.78 Å². The molecular weight excluding hydrogens is 210 g/mol. The molecule has 17 heavy (non-hydrogen) atoms. The van der Waals surface area contributed by atoms with Crippen LogP contribution in [-0.2, 0) is 0 Å². The molecule has 2 N–H and O–H groups in total. The van der Waals surface area contributed by atoms with Gasteiger partial charge in [0.2, 0.25) is 0 Å². The molecule has 2 aromatic carbocycles. The highest BCUT2D eigenvalue weighted by Gasteiger charge is 2.23. The van der Waals surface area contributed by atoms with Gasteiger partial charge in [-0.25, -0.2) is 0 Å². The van der Waals surface area contributed by atoms with E-state index in [2.05, 4.69) is 0 Å². The van der Waals surface area contributed by atoms with Gasteiger partial charge in [-0.05, 0) is 16.7 Å². The largest absolute Gasteiger partial charge is 0.324 e. The van der Waals surface area contributed by atoms with E-state index in [1.807, 2.05) is 48.5 Å². The summed E-state index contributed by atoms with van der Waals surface area (Å²) < 4.78 is 0. The standard InChI is InChI=1S/C15H13NO/c16-14-9-15(17)13-8-4-2-6-11(13)10-5-1-3-7-12(10)14/h1-8,14H,9,16H2/t14-/m0/s1. The molecule has 0 amide bonds. The molecule has 2 nitrogen and oxygen atoms in total. The second kappa shape index (κ2) is 3.82. The predicted octanol–water partition coefficient (Wildman–Crippen LogP) is 2.94. The Morgan fingerprint density at radius 3 is 2.24 bits per heavy atom. The van der Waals surface area contributed by atoms with Crippen LogP contribution in [-0.4, -0.2) is 5.78 Å². The number of carbonyl (C=O) groups excluding carboxylic acids is 1. The number of Topliss-reactive ketones (excluding diaryl/α,β-unsaturated/α-hetero) is 1. The normalized spacial score (nSPS) is 18.2. The maximum absolute atomic E-state index is 12.1. The molecule has 0 spiro atoms. The molecule has 0 aromatic heterocycles. The highest BCUT2D eigenvalue weighted by Crippen LogP contribution is 2.35. The van der Waals surface area contributed by atoms with Crippen molar-refractivity contribution in [1.29, 1.82) is 0 Å². The summed E-state index contributed by atoms with van der Waals surface area (Å²) in [6, 6.07) is 15.5. The van der Waals surface area contributed by atoms with Crippen LogP contribution in [0.3, 0.4) is 0 Å². The SMILES string of the molecule is N[C@H]1CC(=O)c2ccccc2-c2ccccc21. The number of rotatable bonds is 0. The van der Waals surface area contributed by atoms with Crippen LogP contribution in [0.1, 0.15) is 28.4 Å². The van der Waals surface area contributed by atoms with E-state index in [1.54, 1.807) is 0 Å². The number of benzene rings is 2. The zero-order valence-electron chi connectivity index (χ0n) is 9.39. The van der Waals surface area contributed by atoms with E-state index in [1.165, 1.54) is 0 Å². The Kier molecular flexibility index (Phi) is 2.30. The van der Waals surface area contributed by atoms with Crippen molar-refractivity contribution >= 4 is 5.78 Å². The predicted molar refractivity (Wildman–Crippen MR) is 67.8 cm³/mol. The van der Waals surface area contributed by atoms with Gasteiger partial charge in [0.1, 0.15) is 0 Å². The molecule has 0 fully saturated rings. The summed E-state index contributed by atoms with van der Waals surface area (Å²) in [6.45, 7) is 0. The van der Waals surface area contributed by atoms with Crippen LogP contribution in [0.5, 0.6) is 0 Å². The molecule has 0 bridgehead atoms. The molecule has 1 aliphatic rings. The smallest absolute Gasteiger partial charge is 0.165 e. The van der Waals surface area contributed by atoms with Crippen molar-refractivity contribution in [2.24, 2.45) is 5.73 Å². The van der Waals surface area contributed by atoms with Gasteiger partial charge >= 0.3 is 0 Å². The van der Waals surface area contributed by atoms with Crippen LogP contribution in [0.25, 0.3) is 11.1 Å². The van der Waals surface area contributed by atoms with Crippen molar-refractivity contribution in [3.05, 3.63) is 59.7 Å². The molecule has 0 radical (unpaired) electrons. The van der Waals surface area contributed by atoms with Crippen molar-refractivity contribution in [2.75, 3.05) is 0 Å². The van der Waals surface area contributed by atoms with Crippen molar-refractivity contribution in [3.63, 3.8) is 0 Å². The maximum Gasteiger partial charge on any atom is 0.165 e. The lowest BCUT2D eigenvalue weighted by Gasteiger charge is -2.11. The number of fused-ring (bicyclic) bond motifs is 3. The Morgan fingerprint density at radius 2 is 1.47 bits per heavy atom. The average molecular weight is 223 g/mol. The molecule has 3 rings (SSSR count). The zero-order chi connectivity index (χ0) is 11.8. The summed E-state index contributed by atoms with van der Waals surface area (Å²) >= 11 is 0. The molecule has 1 aliphatic carbocycles. The molecule has 0 unspecified atom stereocenters. The van der Waals surface area contributed by atoms with Gasteiger partial charge in [0.25, 0.3) is 0 Å². The Labute approximate surface area is 100 Å². The van der Waals surface area contributed by atoms with Crippen molar-refractivity contribution < 1.29 is 4.79 Å². The molecule has 0 saturated carbocycles. The van der Waals surface area contributed by atoms with E-state index in [0.29, 0.717) is 6.42 Å². The fourth-order valence-corrected chi connectivity index (χ4v) is 2.45. The second-order valence-electron chi connectivity index (χ2n) is 4.37. The average Bonchev–Trinajstić information content (AvgIpc) is 2.48. The lowest BCUT2D eigenvalue weighted by Crippen LogP contribution is -2.13. The first-order valence-corrected chi connectivity index (χ1v) is 5.74. The monoisotopic (exact) mass is 223 g/mol. The first kappa shape index (κ1) is 10.2. The Hall–Kier alpha value is -1.93. The van der Waals surface area contributed by atoms with Crippen LogP contribution in [0.4, 0.5) is 0 Å². The van der Waals surface area contributed by atoms with Gasteiger partial charge in [0, 0.05) is 18.0 Å². The molecule has 1 atom stereocenters. The van der Waals surface area contributed by atoms with Crippen LogP contribution in [0.15, 0.2) is 48.5 Å². The molecule has 2 heteroatoms. The number of hydrogen-bond acceptors (Lipinski definition) is 2. The molecular formula is C15H13NO. The topological polar surface area (TPSA) is 43.1 Å². The first-order valence-electron chi connectivity index (χ1n) is 5.74. The molecule has 2 aromatic rings. The third-order valence-corrected chi connectivity index (χ3v) is 3.28. The number of hydrogen-bond donors (Lipinski definition) is 1. The maximum atomic E-state index is 12.1. The van der Waals surface area contributed by atoms with Gasteiger partial charge in [0.05, 0.1) is 0 Å². The van der Waals surface area contributed by atoms with E-state index < -0.39 is 0 Å². The molecule has 0 aliphatic heterocycles. The molecule has 84 valence electrons. The zero-order valence-corrected chi connectivity index (χ0v) is 9.39. The minimum absolute atomic E-state index is 0.129. The van der Waals surface area contributed by atoms with Crippen LogP contribution >= 0.6 is 0 Å². The van der Waals surface area contributed by atoms with E-state index in [9.17, 15) is 4.79 Å². The van der Waals surface area contributed by atoms with Crippen molar-refractivity contribution in [1.82, 2.24) is 0 Å². The Morgan fingerprint density at radius 1 is 0.882 bits per heavy atom. The summed E-state index contributed by atoms with van der Waals surface area (Å²) in [4.78, 5) is 12.1. The molecule has 0 heterocycles. The summed E-state index contributed by atoms with van der Waals surface area (Å²) in [5.74, 6) is 0.129. The quantitative estimate of drug-likeness (QED) is 0.746. The third-order valence-electron chi connectivity index (χ3n) is 3.28. The lowest BCUT2D eigenvalue weighted by atomic mass is 9.96. The number of nitrogens with two attached hydrogens (primary N) is 1. The minimum Gasteiger partial charge on any atom is -0.324 e. The van der Waals surface area contributed by atoms with E-state index in [4.69, 9.17) is 5.73 Å².